The molecule has 2 heteroatoms. The summed E-state index contributed by atoms with van der Waals surface area (Å²) in [5.41, 5.74) is 0. The van der Waals surface area contributed by atoms with Crippen LogP contribution in [0.25, 0.3) is 0 Å². The fourth-order valence-corrected chi connectivity index (χ4v) is 4.24. The standard InChI is InChI=1S/C15H28O2/c1-4-10-5-6-11-7-8-12(9(2)3)15(17)13(11)14(10)16/h9-17H,4-8H2,1-3H3/t10-,11?,12-,13?,14?,15?/m0/s1. The van der Waals surface area contributed by atoms with Gasteiger partial charge in [-0.2, -0.15) is 0 Å². The summed E-state index contributed by atoms with van der Waals surface area (Å²) < 4.78 is 0. The normalized spacial score (nSPS) is 46.9. The molecule has 0 aromatic rings. The number of aliphatic hydroxyl groups excluding tert-OH is 2. The summed E-state index contributed by atoms with van der Waals surface area (Å²) in [6.45, 7) is 6.55. The van der Waals surface area contributed by atoms with Crippen molar-refractivity contribution in [3.05, 3.63) is 0 Å². The molecular formula is C15H28O2. The van der Waals surface area contributed by atoms with Crippen LogP contribution >= 0.6 is 0 Å². The van der Waals surface area contributed by atoms with Gasteiger partial charge in [-0.1, -0.05) is 27.2 Å². The van der Waals surface area contributed by atoms with Gasteiger partial charge in [0.05, 0.1) is 12.2 Å². The highest BCUT2D eigenvalue weighted by Gasteiger charge is 2.47. The summed E-state index contributed by atoms with van der Waals surface area (Å²) in [7, 11) is 0. The predicted octanol–water partition coefficient (Wildman–Crippen LogP) is 2.83. The van der Waals surface area contributed by atoms with E-state index >= 15 is 0 Å². The van der Waals surface area contributed by atoms with Crippen LogP contribution in [0.3, 0.4) is 0 Å². The van der Waals surface area contributed by atoms with E-state index < -0.39 is 0 Å². The molecule has 17 heavy (non-hydrogen) atoms. The summed E-state index contributed by atoms with van der Waals surface area (Å²) in [5, 5.41) is 21.0. The van der Waals surface area contributed by atoms with Crippen molar-refractivity contribution in [2.75, 3.05) is 0 Å². The van der Waals surface area contributed by atoms with Crippen molar-refractivity contribution in [1.29, 1.82) is 0 Å². The fraction of sp³-hybridized carbons (Fsp3) is 1.00. The molecule has 0 spiro atoms. The molecule has 2 rings (SSSR count). The van der Waals surface area contributed by atoms with E-state index in [1.54, 1.807) is 0 Å². The van der Waals surface area contributed by atoms with Crippen LogP contribution in [0.1, 0.15) is 52.9 Å². The Labute approximate surface area is 105 Å². The Balaban J connectivity index is 2.12. The number of aliphatic hydroxyl groups is 2. The summed E-state index contributed by atoms with van der Waals surface area (Å²) in [6.07, 6.45) is 5.21. The van der Waals surface area contributed by atoms with Crippen LogP contribution in [-0.4, -0.2) is 22.4 Å². The zero-order valence-corrected chi connectivity index (χ0v) is 11.5. The first-order valence-electron chi connectivity index (χ1n) is 7.42. The summed E-state index contributed by atoms with van der Waals surface area (Å²) in [4.78, 5) is 0. The van der Waals surface area contributed by atoms with Gasteiger partial charge in [-0.3, -0.25) is 0 Å². The van der Waals surface area contributed by atoms with Crippen molar-refractivity contribution < 1.29 is 10.2 Å². The van der Waals surface area contributed by atoms with E-state index in [9.17, 15) is 10.2 Å². The highest BCUT2D eigenvalue weighted by molar-refractivity contribution is 4.96. The second kappa shape index (κ2) is 5.27. The monoisotopic (exact) mass is 240 g/mol. The molecule has 0 aromatic carbocycles. The minimum absolute atomic E-state index is 0.148. The van der Waals surface area contributed by atoms with E-state index in [1.807, 2.05) is 0 Å². The summed E-state index contributed by atoms with van der Waals surface area (Å²) in [5.74, 6) is 2.05. The Bertz CT molecular complexity index is 251. The van der Waals surface area contributed by atoms with E-state index in [0.29, 0.717) is 23.7 Å². The van der Waals surface area contributed by atoms with Gasteiger partial charge in [0, 0.05) is 5.92 Å². The Morgan fingerprint density at radius 3 is 2.24 bits per heavy atom. The van der Waals surface area contributed by atoms with Crippen molar-refractivity contribution in [2.24, 2.45) is 29.6 Å². The number of hydrogen-bond acceptors (Lipinski definition) is 2. The molecule has 0 aliphatic heterocycles. The molecule has 100 valence electrons. The van der Waals surface area contributed by atoms with Crippen molar-refractivity contribution in [2.45, 2.75) is 65.1 Å². The Kier molecular flexibility index (Phi) is 4.14. The molecule has 6 atom stereocenters. The first kappa shape index (κ1) is 13.4. The quantitative estimate of drug-likeness (QED) is 0.779. The predicted molar refractivity (Wildman–Crippen MR) is 69.6 cm³/mol. The van der Waals surface area contributed by atoms with Crippen molar-refractivity contribution in [3.8, 4) is 0 Å². The van der Waals surface area contributed by atoms with Gasteiger partial charge < -0.3 is 10.2 Å². The third-order valence-corrected chi connectivity index (χ3v) is 5.41. The molecule has 2 nitrogen and oxygen atoms in total. The molecule has 0 saturated heterocycles. The average molecular weight is 240 g/mol. The van der Waals surface area contributed by atoms with Crippen LogP contribution in [0.5, 0.6) is 0 Å². The molecule has 2 aliphatic carbocycles. The molecule has 0 heterocycles. The van der Waals surface area contributed by atoms with Crippen molar-refractivity contribution in [3.63, 3.8) is 0 Å². The molecule has 0 aromatic heterocycles. The molecule has 2 aliphatic rings. The average Bonchev–Trinajstić information content (AvgIpc) is 2.29. The highest BCUT2D eigenvalue weighted by atomic mass is 16.3. The van der Waals surface area contributed by atoms with Crippen LogP contribution in [0.2, 0.25) is 0 Å². The number of rotatable bonds is 2. The van der Waals surface area contributed by atoms with Crippen LogP contribution < -0.4 is 0 Å². The lowest BCUT2D eigenvalue weighted by molar-refractivity contribution is -0.123. The fourth-order valence-electron chi connectivity index (χ4n) is 4.24. The zero-order chi connectivity index (χ0) is 12.6. The molecule has 0 bridgehead atoms. The second-order valence-electron chi connectivity index (χ2n) is 6.55. The SMILES string of the molecule is CC[C@H]1CCC2CC[C@@H](C(C)C)C(O)C2C1O. The first-order valence-corrected chi connectivity index (χ1v) is 7.42. The maximum atomic E-state index is 10.6. The van der Waals surface area contributed by atoms with Gasteiger partial charge in [0.1, 0.15) is 0 Å². The van der Waals surface area contributed by atoms with Crippen molar-refractivity contribution in [1.82, 2.24) is 0 Å². The van der Waals surface area contributed by atoms with Crippen LogP contribution in [0, 0.1) is 29.6 Å². The van der Waals surface area contributed by atoms with Gasteiger partial charge in [-0.05, 0) is 49.4 Å². The highest BCUT2D eigenvalue weighted by Crippen LogP contribution is 2.47. The largest absolute Gasteiger partial charge is 0.392 e. The number of hydrogen-bond donors (Lipinski definition) is 2. The van der Waals surface area contributed by atoms with E-state index in [4.69, 9.17) is 0 Å². The van der Waals surface area contributed by atoms with Crippen LogP contribution in [0.15, 0.2) is 0 Å². The third-order valence-electron chi connectivity index (χ3n) is 5.41. The maximum Gasteiger partial charge on any atom is 0.0626 e. The Hall–Kier alpha value is -0.0800. The molecule has 2 N–H and O–H groups in total. The summed E-state index contributed by atoms with van der Waals surface area (Å²) in [6, 6.07) is 0. The lowest BCUT2D eigenvalue weighted by Gasteiger charge is -2.49. The van der Waals surface area contributed by atoms with Crippen LogP contribution in [-0.2, 0) is 0 Å². The maximum absolute atomic E-state index is 10.6. The van der Waals surface area contributed by atoms with E-state index in [-0.39, 0.29) is 18.1 Å². The van der Waals surface area contributed by atoms with Gasteiger partial charge in [-0.15, -0.1) is 0 Å². The Morgan fingerprint density at radius 2 is 1.65 bits per heavy atom. The number of fused-ring (bicyclic) bond motifs is 1. The first-order chi connectivity index (χ1) is 8.06. The zero-order valence-electron chi connectivity index (χ0n) is 11.5. The second-order valence-corrected chi connectivity index (χ2v) is 6.55. The molecule has 2 saturated carbocycles. The van der Waals surface area contributed by atoms with Gasteiger partial charge in [0.15, 0.2) is 0 Å². The van der Waals surface area contributed by atoms with Crippen molar-refractivity contribution >= 4 is 0 Å². The molecule has 2 fully saturated rings. The van der Waals surface area contributed by atoms with Gasteiger partial charge in [0.2, 0.25) is 0 Å². The lowest BCUT2D eigenvalue weighted by Crippen LogP contribution is -2.51. The topological polar surface area (TPSA) is 40.5 Å². The lowest BCUT2D eigenvalue weighted by atomic mass is 9.60. The molecule has 0 amide bonds. The van der Waals surface area contributed by atoms with Crippen LogP contribution in [0.4, 0.5) is 0 Å². The molecule has 4 unspecified atom stereocenters. The smallest absolute Gasteiger partial charge is 0.0626 e. The third kappa shape index (κ3) is 2.39. The van der Waals surface area contributed by atoms with Gasteiger partial charge in [-0.25, -0.2) is 0 Å². The molecular weight excluding hydrogens is 212 g/mol. The Morgan fingerprint density at radius 1 is 1.00 bits per heavy atom. The van der Waals surface area contributed by atoms with E-state index in [1.165, 1.54) is 12.8 Å². The summed E-state index contributed by atoms with van der Waals surface area (Å²) >= 11 is 0. The van der Waals surface area contributed by atoms with E-state index in [0.717, 1.165) is 19.3 Å². The van der Waals surface area contributed by atoms with Gasteiger partial charge >= 0.3 is 0 Å². The van der Waals surface area contributed by atoms with Gasteiger partial charge in [0.25, 0.3) is 0 Å². The molecule has 0 radical (unpaired) electrons. The van der Waals surface area contributed by atoms with E-state index in [2.05, 4.69) is 20.8 Å². The minimum atomic E-state index is -0.280. The minimum Gasteiger partial charge on any atom is -0.392 e.